The fraction of sp³-hybridized carbons (Fsp3) is 0.429. The molecular formula is C14H16F2N2O2. The summed E-state index contributed by atoms with van der Waals surface area (Å²) < 4.78 is 25.7. The molecule has 1 fully saturated rings. The lowest BCUT2D eigenvalue weighted by Gasteiger charge is -2.11. The van der Waals surface area contributed by atoms with Crippen molar-refractivity contribution in [2.45, 2.75) is 38.1 Å². The molecule has 20 heavy (non-hydrogen) atoms. The molecule has 0 radical (unpaired) electrons. The number of amides is 2. The van der Waals surface area contributed by atoms with E-state index in [1.807, 2.05) is 0 Å². The van der Waals surface area contributed by atoms with Crippen LogP contribution in [0.3, 0.4) is 0 Å². The van der Waals surface area contributed by atoms with E-state index in [4.69, 9.17) is 0 Å². The summed E-state index contributed by atoms with van der Waals surface area (Å²) in [6.07, 6.45) is 3.74. The molecule has 0 bridgehead atoms. The lowest BCUT2D eigenvalue weighted by molar-refractivity contribution is -0.127. The maximum atomic E-state index is 13.0. The number of halogens is 2. The molecule has 0 heterocycles. The number of carbonyl (C=O) groups is 2. The monoisotopic (exact) mass is 282 g/mol. The molecule has 4 nitrogen and oxygen atoms in total. The van der Waals surface area contributed by atoms with Crippen LogP contribution in [0.4, 0.5) is 14.5 Å². The van der Waals surface area contributed by atoms with Gasteiger partial charge in [-0.05, 0) is 25.0 Å². The second-order valence-corrected chi connectivity index (χ2v) is 4.90. The molecule has 1 aromatic rings. The number of hydrogen-bond donors (Lipinski definition) is 2. The summed E-state index contributed by atoms with van der Waals surface area (Å²) in [6.45, 7) is 0. The molecule has 6 heteroatoms. The molecule has 1 aromatic carbocycles. The van der Waals surface area contributed by atoms with Crippen molar-refractivity contribution < 1.29 is 18.4 Å². The average molecular weight is 282 g/mol. The van der Waals surface area contributed by atoms with Crippen LogP contribution >= 0.6 is 0 Å². The predicted octanol–water partition coefficient (Wildman–Crippen LogP) is 2.35. The van der Waals surface area contributed by atoms with Gasteiger partial charge in [0.15, 0.2) is 11.6 Å². The predicted molar refractivity (Wildman–Crippen MR) is 70.0 cm³/mol. The van der Waals surface area contributed by atoms with Gasteiger partial charge >= 0.3 is 0 Å². The summed E-state index contributed by atoms with van der Waals surface area (Å²) in [5.41, 5.74) is 0.127. The van der Waals surface area contributed by atoms with Gasteiger partial charge in [-0.15, -0.1) is 0 Å². The third-order valence-corrected chi connectivity index (χ3v) is 3.24. The van der Waals surface area contributed by atoms with Gasteiger partial charge in [0.2, 0.25) is 11.8 Å². The SMILES string of the molecule is O=C(CC(=O)NC1CCCC1)Nc1ccc(F)c(F)c1. The summed E-state index contributed by atoms with van der Waals surface area (Å²) in [7, 11) is 0. The maximum Gasteiger partial charge on any atom is 0.233 e. The Balaban J connectivity index is 1.82. The first-order chi connectivity index (χ1) is 9.54. The molecule has 0 saturated heterocycles. The lowest BCUT2D eigenvalue weighted by atomic mass is 10.2. The van der Waals surface area contributed by atoms with E-state index in [9.17, 15) is 18.4 Å². The number of anilines is 1. The average Bonchev–Trinajstić information content (AvgIpc) is 2.86. The smallest absolute Gasteiger partial charge is 0.233 e. The van der Waals surface area contributed by atoms with E-state index in [1.54, 1.807) is 0 Å². The quantitative estimate of drug-likeness (QED) is 0.833. The first-order valence-electron chi connectivity index (χ1n) is 6.59. The van der Waals surface area contributed by atoms with Crippen LogP contribution < -0.4 is 10.6 Å². The summed E-state index contributed by atoms with van der Waals surface area (Å²) in [4.78, 5) is 23.2. The Labute approximate surface area is 115 Å². The van der Waals surface area contributed by atoms with Crippen molar-refractivity contribution in [2.75, 3.05) is 5.32 Å². The molecule has 1 saturated carbocycles. The Morgan fingerprint density at radius 3 is 2.45 bits per heavy atom. The second-order valence-electron chi connectivity index (χ2n) is 4.90. The van der Waals surface area contributed by atoms with Gasteiger partial charge in [-0.1, -0.05) is 12.8 Å². The fourth-order valence-corrected chi connectivity index (χ4v) is 2.27. The van der Waals surface area contributed by atoms with Crippen molar-refractivity contribution in [3.63, 3.8) is 0 Å². The van der Waals surface area contributed by atoms with Gasteiger partial charge in [0.1, 0.15) is 6.42 Å². The van der Waals surface area contributed by atoms with Gasteiger partial charge < -0.3 is 10.6 Å². The van der Waals surface area contributed by atoms with E-state index in [0.29, 0.717) is 0 Å². The number of rotatable bonds is 4. The summed E-state index contributed by atoms with van der Waals surface area (Å²) in [5.74, 6) is -2.93. The van der Waals surface area contributed by atoms with Gasteiger partial charge in [-0.2, -0.15) is 0 Å². The van der Waals surface area contributed by atoms with Crippen LogP contribution in [0.5, 0.6) is 0 Å². The zero-order valence-electron chi connectivity index (χ0n) is 10.9. The topological polar surface area (TPSA) is 58.2 Å². The van der Waals surface area contributed by atoms with Crippen LogP contribution in [0.15, 0.2) is 18.2 Å². The highest BCUT2D eigenvalue weighted by molar-refractivity contribution is 6.03. The molecule has 108 valence electrons. The van der Waals surface area contributed by atoms with Crippen LogP contribution in [0, 0.1) is 11.6 Å². The minimum absolute atomic E-state index is 0.127. The zero-order chi connectivity index (χ0) is 14.5. The molecule has 1 aliphatic carbocycles. The molecule has 0 unspecified atom stereocenters. The highest BCUT2D eigenvalue weighted by atomic mass is 19.2. The maximum absolute atomic E-state index is 13.0. The van der Waals surface area contributed by atoms with Crippen molar-refractivity contribution >= 4 is 17.5 Å². The third-order valence-electron chi connectivity index (χ3n) is 3.24. The standard InChI is InChI=1S/C14H16F2N2O2/c15-11-6-5-10(7-12(11)16)18-14(20)8-13(19)17-9-3-1-2-4-9/h5-7,9H,1-4,8H2,(H,17,19)(H,18,20). The van der Waals surface area contributed by atoms with Crippen LogP contribution in [0.2, 0.25) is 0 Å². The van der Waals surface area contributed by atoms with Gasteiger partial charge in [0.25, 0.3) is 0 Å². The number of benzene rings is 1. The summed E-state index contributed by atoms with van der Waals surface area (Å²) >= 11 is 0. The van der Waals surface area contributed by atoms with Crippen molar-refractivity contribution in [2.24, 2.45) is 0 Å². The van der Waals surface area contributed by atoms with E-state index in [-0.39, 0.29) is 24.1 Å². The minimum atomic E-state index is -1.04. The molecule has 0 aromatic heterocycles. The van der Waals surface area contributed by atoms with Gasteiger partial charge in [-0.25, -0.2) is 8.78 Å². The van der Waals surface area contributed by atoms with Crippen LogP contribution in [0.25, 0.3) is 0 Å². The highest BCUT2D eigenvalue weighted by Gasteiger charge is 2.18. The largest absolute Gasteiger partial charge is 0.353 e. The van der Waals surface area contributed by atoms with E-state index >= 15 is 0 Å². The number of hydrogen-bond acceptors (Lipinski definition) is 2. The summed E-state index contributed by atoms with van der Waals surface area (Å²) in [6, 6.07) is 3.19. The van der Waals surface area contributed by atoms with Crippen LogP contribution in [0.1, 0.15) is 32.1 Å². The number of nitrogens with one attached hydrogen (secondary N) is 2. The normalized spacial score (nSPS) is 15.1. The lowest BCUT2D eigenvalue weighted by Crippen LogP contribution is -2.35. The molecule has 0 atom stereocenters. The van der Waals surface area contributed by atoms with Crippen molar-refractivity contribution in [1.82, 2.24) is 5.32 Å². The molecule has 1 aliphatic rings. The summed E-state index contributed by atoms with van der Waals surface area (Å²) in [5, 5.41) is 5.14. The molecule has 0 spiro atoms. The molecule has 2 rings (SSSR count). The van der Waals surface area contributed by atoms with E-state index in [0.717, 1.165) is 37.8 Å². The highest BCUT2D eigenvalue weighted by Crippen LogP contribution is 2.17. The van der Waals surface area contributed by atoms with E-state index < -0.39 is 17.5 Å². The Morgan fingerprint density at radius 1 is 1.10 bits per heavy atom. The van der Waals surface area contributed by atoms with Gasteiger partial charge in [-0.3, -0.25) is 9.59 Å². The first-order valence-corrected chi connectivity index (χ1v) is 6.59. The Kier molecular flexibility index (Phi) is 4.65. The Morgan fingerprint density at radius 2 is 1.80 bits per heavy atom. The molecule has 2 amide bonds. The fourth-order valence-electron chi connectivity index (χ4n) is 2.27. The molecular weight excluding hydrogens is 266 g/mol. The Bertz CT molecular complexity index is 514. The minimum Gasteiger partial charge on any atom is -0.353 e. The van der Waals surface area contributed by atoms with Crippen molar-refractivity contribution in [3.8, 4) is 0 Å². The molecule has 2 N–H and O–H groups in total. The molecule has 0 aliphatic heterocycles. The van der Waals surface area contributed by atoms with Gasteiger partial charge in [0.05, 0.1) is 0 Å². The second kappa shape index (κ2) is 6.45. The first kappa shape index (κ1) is 14.4. The number of carbonyl (C=O) groups excluding carboxylic acids is 2. The van der Waals surface area contributed by atoms with Crippen molar-refractivity contribution in [1.29, 1.82) is 0 Å². The van der Waals surface area contributed by atoms with Gasteiger partial charge in [0, 0.05) is 17.8 Å². The van der Waals surface area contributed by atoms with E-state index in [2.05, 4.69) is 10.6 Å². The van der Waals surface area contributed by atoms with Crippen molar-refractivity contribution in [3.05, 3.63) is 29.8 Å². The van der Waals surface area contributed by atoms with Crippen LogP contribution in [-0.2, 0) is 9.59 Å². The van der Waals surface area contributed by atoms with E-state index in [1.165, 1.54) is 6.07 Å². The van der Waals surface area contributed by atoms with Crippen LogP contribution in [-0.4, -0.2) is 17.9 Å². The zero-order valence-corrected chi connectivity index (χ0v) is 10.9. The third kappa shape index (κ3) is 4.01. The Hall–Kier alpha value is -1.98.